The molecule has 6 heteroatoms. The molecular weight excluding hydrogens is 264 g/mol. The Bertz CT molecular complexity index is 262. The van der Waals surface area contributed by atoms with Crippen LogP contribution >= 0.6 is 0 Å². The molecule has 0 spiro atoms. The van der Waals surface area contributed by atoms with Gasteiger partial charge < -0.3 is 28.4 Å². The molecule has 0 unspecified atom stereocenters. The summed E-state index contributed by atoms with van der Waals surface area (Å²) in [7, 11) is 6.52. The van der Waals surface area contributed by atoms with Gasteiger partial charge in [-0.25, -0.2) is 0 Å². The second-order valence-corrected chi connectivity index (χ2v) is 4.95. The lowest BCUT2D eigenvalue weighted by molar-refractivity contribution is -0.321. The van der Waals surface area contributed by atoms with Crippen molar-refractivity contribution in [2.45, 2.75) is 57.1 Å². The highest BCUT2D eigenvalue weighted by atomic mass is 16.7. The lowest BCUT2D eigenvalue weighted by atomic mass is 9.98. The highest BCUT2D eigenvalue weighted by Crippen LogP contribution is 2.28. The summed E-state index contributed by atoms with van der Waals surface area (Å²) in [4.78, 5) is 0. The summed E-state index contributed by atoms with van der Waals surface area (Å²) < 4.78 is 33.6. The largest absolute Gasteiger partial charge is 0.382 e. The van der Waals surface area contributed by atoms with Gasteiger partial charge in [-0.05, 0) is 13.3 Å². The van der Waals surface area contributed by atoms with Gasteiger partial charge in [0.15, 0.2) is 6.29 Å². The minimum atomic E-state index is -0.494. The average molecular weight is 292 g/mol. The van der Waals surface area contributed by atoms with E-state index in [-0.39, 0.29) is 30.5 Å². The number of hydrogen-bond acceptors (Lipinski definition) is 6. The van der Waals surface area contributed by atoms with Crippen LogP contribution in [-0.2, 0) is 28.4 Å². The second-order valence-electron chi connectivity index (χ2n) is 4.95. The molecule has 0 N–H and O–H groups in total. The molecule has 1 aliphatic rings. The van der Waals surface area contributed by atoms with Crippen molar-refractivity contribution < 1.29 is 28.4 Å². The smallest absolute Gasteiger partial charge is 0.187 e. The van der Waals surface area contributed by atoms with E-state index < -0.39 is 6.29 Å². The molecule has 0 aromatic rings. The maximum absolute atomic E-state index is 5.96. The fraction of sp³-hybridized carbons (Fsp3) is 1.00. The summed E-state index contributed by atoms with van der Waals surface area (Å²) in [5, 5.41) is 0. The van der Waals surface area contributed by atoms with Crippen molar-refractivity contribution in [3.05, 3.63) is 0 Å². The number of rotatable bonds is 8. The molecule has 1 saturated heterocycles. The van der Waals surface area contributed by atoms with E-state index in [0.717, 1.165) is 6.42 Å². The molecule has 0 bridgehead atoms. The van der Waals surface area contributed by atoms with Gasteiger partial charge in [-0.3, -0.25) is 0 Å². The predicted molar refractivity (Wildman–Crippen MR) is 73.8 cm³/mol. The number of hydrogen-bond donors (Lipinski definition) is 0. The molecule has 0 aliphatic carbocycles. The van der Waals surface area contributed by atoms with Gasteiger partial charge in [-0.1, -0.05) is 6.92 Å². The van der Waals surface area contributed by atoms with Gasteiger partial charge in [0, 0.05) is 28.4 Å². The van der Waals surface area contributed by atoms with E-state index in [1.807, 2.05) is 6.92 Å². The molecular formula is C14H28O6. The van der Waals surface area contributed by atoms with Crippen molar-refractivity contribution in [1.82, 2.24) is 0 Å². The first-order valence-corrected chi connectivity index (χ1v) is 7.01. The van der Waals surface area contributed by atoms with Gasteiger partial charge >= 0.3 is 0 Å². The van der Waals surface area contributed by atoms with Crippen LogP contribution in [0.15, 0.2) is 0 Å². The SMILES string of the molecule is CC[C@@H](C)O[C@H]1O[C@H](COC)[C@H](OC)[C@H](OC)[C@H]1OC. The Morgan fingerprint density at radius 1 is 0.950 bits per heavy atom. The van der Waals surface area contributed by atoms with E-state index >= 15 is 0 Å². The van der Waals surface area contributed by atoms with Crippen LogP contribution in [0.1, 0.15) is 20.3 Å². The Kier molecular flexibility index (Phi) is 7.94. The van der Waals surface area contributed by atoms with Gasteiger partial charge in [-0.2, -0.15) is 0 Å². The lowest BCUT2D eigenvalue weighted by Gasteiger charge is -2.45. The third-order valence-electron chi connectivity index (χ3n) is 3.68. The van der Waals surface area contributed by atoms with Crippen LogP contribution in [-0.4, -0.2) is 71.9 Å². The van der Waals surface area contributed by atoms with Crippen molar-refractivity contribution in [3.63, 3.8) is 0 Å². The topological polar surface area (TPSA) is 55.4 Å². The van der Waals surface area contributed by atoms with Gasteiger partial charge in [-0.15, -0.1) is 0 Å². The van der Waals surface area contributed by atoms with E-state index in [2.05, 4.69) is 6.92 Å². The molecule has 0 saturated carbocycles. The fourth-order valence-corrected chi connectivity index (χ4v) is 2.41. The molecule has 0 aromatic carbocycles. The van der Waals surface area contributed by atoms with Gasteiger partial charge in [0.1, 0.15) is 24.4 Å². The molecule has 1 heterocycles. The van der Waals surface area contributed by atoms with E-state index in [1.54, 1.807) is 28.4 Å². The van der Waals surface area contributed by atoms with E-state index in [4.69, 9.17) is 28.4 Å². The fourth-order valence-electron chi connectivity index (χ4n) is 2.41. The third-order valence-corrected chi connectivity index (χ3v) is 3.68. The lowest BCUT2D eigenvalue weighted by Crippen LogP contribution is -2.61. The highest BCUT2D eigenvalue weighted by molar-refractivity contribution is 4.92. The van der Waals surface area contributed by atoms with Crippen molar-refractivity contribution in [2.24, 2.45) is 0 Å². The zero-order chi connectivity index (χ0) is 15.1. The summed E-state index contributed by atoms with van der Waals surface area (Å²) >= 11 is 0. The van der Waals surface area contributed by atoms with Crippen LogP contribution in [0.25, 0.3) is 0 Å². The van der Waals surface area contributed by atoms with Crippen molar-refractivity contribution in [2.75, 3.05) is 35.0 Å². The summed E-state index contributed by atoms with van der Waals surface area (Å²) in [6.45, 7) is 4.48. The van der Waals surface area contributed by atoms with Crippen LogP contribution in [0.4, 0.5) is 0 Å². The Morgan fingerprint density at radius 2 is 1.55 bits per heavy atom. The molecule has 1 aliphatic heterocycles. The number of methoxy groups -OCH3 is 4. The van der Waals surface area contributed by atoms with Crippen LogP contribution in [0.5, 0.6) is 0 Å². The summed E-state index contributed by atoms with van der Waals surface area (Å²) in [5.41, 5.74) is 0. The molecule has 0 aromatic heterocycles. The minimum Gasteiger partial charge on any atom is -0.382 e. The van der Waals surface area contributed by atoms with Crippen molar-refractivity contribution in [1.29, 1.82) is 0 Å². The quantitative estimate of drug-likeness (QED) is 0.670. The van der Waals surface area contributed by atoms with E-state index in [0.29, 0.717) is 6.61 Å². The van der Waals surface area contributed by atoms with Crippen LogP contribution in [0.2, 0.25) is 0 Å². The summed E-state index contributed by atoms with van der Waals surface area (Å²) in [6.07, 6.45) is -0.641. The zero-order valence-electron chi connectivity index (χ0n) is 13.3. The third kappa shape index (κ3) is 4.13. The maximum atomic E-state index is 5.96. The van der Waals surface area contributed by atoms with E-state index in [1.165, 1.54) is 0 Å². The summed E-state index contributed by atoms with van der Waals surface area (Å²) in [5.74, 6) is 0. The minimum absolute atomic E-state index is 0.0810. The first kappa shape index (κ1) is 17.8. The first-order chi connectivity index (χ1) is 9.62. The van der Waals surface area contributed by atoms with Crippen molar-refractivity contribution in [3.8, 4) is 0 Å². The molecule has 120 valence electrons. The average Bonchev–Trinajstić information content (AvgIpc) is 2.46. The molecule has 1 rings (SSSR count). The predicted octanol–water partition coefficient (Wildman–Crippen LogP) is 1.22. The molecule has 6 nitrogen and oxygen atoms in total. The Hall–Kier alpha value is -0.240. The van der Waals surface area contributed by atoms with E-state index in [9.17, 15) is 0 Å². The molecule has 1 fully saturated rings. The zero-order valence-corrected chi connectivity index (χ0v) is 13.3. The molecule has 0 radical (unpaired) electrons. The standard InChI is InChI=1S/C14H28O6/c1-7-9(2)19-14-13(18-6)12(17-5)11(16-4)10(20-14)8-15-3/h9-14H,7-8H2,1-6H3/t9-,10-,11+,12+,13-,14+/m1/s1. The monoisotopic (exact) mass is 292 g/mol. The second kappa shape index (κ2) is 8.92. The molecule has 6 atom stereocenters. The van der Waals surface area contributed by atoms with Gasteiger partial charge in [0.2, 0.25) is 0 Å². The van der Waals surface area contributed by atoms with Gasteiger partial charge in [0.05, 0.1) is 12.7 Å². The van der Waals surface area contributed by atoms with Crippen molar-refractivity contribution >= 4 is 0 Å². The maximum Gasteiger partial charge on any atom is 0.187 e. The van der Waals surface area contributed by atoms with Crippen LogP contribution < -0.4 is 0 Å². The Morgan fingerprint density at radius 3 is 2.00 bits per heavy atom. The Labute approximate surface area is 121 Å². The first-order valence-electron chi connectivity index (χ1n) is 7.01. The molecule has 20 heavy (non-hydrogen) atoms. The number of ether oxygens (including phenoxy) is 6. The highest BCUT2D eigenvalue weighted by Gasteiger charge is 2.47. The van der Waals surface area contributed by atoms with Crippen LogP contribution in [0.3, 0.4) is 0 Å². The normalized spacial score (nSPS) is 36.0. The molecule has 0 amide bonds. The van der Waals surface area contributed by atoms with Gasteiger partial charge in [0.25, 0.3) is 0 Å². The van der Waals surface area contributed by atoms with Crippen LogP contribution in [0, 0.1) is 0 Å². The summed E-state index contributed by atoms with van der Waals surface area (Å²) in [6, 6.07) is 0. The Balaban J connectivity index is 2.87.